The van der Waals surface area contributed by atoms with Crippen LogP contribution in [0.15, 0.2) is 65.7 Å². The lowest BCUT2D eigenvalue weighted by Gasteiger charge is -2.04. The Morgan fingerprint density at radius 1 is 0.652 bits per heavy atom. The van der Waals surface area contributed by atoms with Gasteiger partial charge in [0.05, 0.1) is 11.4 Å². The Kier molecular flexibility index (Phi) is 4.15. The fourth-order valence-corrected chi connectivity index (χ4v) is 2.31. The summed E-state index contributed by atoms with van der Waals surface area (Å²) in [5.74, 6) is 0. The first-order valence-electron chi connectivity index (χ1n) is 7.50. The quantitative estimate of drug-likeness (QED) is 0.655. The average molecular weight is 305 g/mol. The first-order valence-corrected chi connectivity index (χ1v) is 7.50. The summed E-state index contributed by atoms with van der Waals surface area (Å²) in [6.07, 6.45) is 3.48. The van der Waals surface area contributed by atoms with Gasteiger partial charge in [0.1, 0.15) is 0 Å². The number of aryl methyl sites for hydroxylation is 2. The minimum absolute atomic E-state index is 0.261. The molecule has 0 atom stereocenters. The molecular formula is C19H19N3O. The van der Waals surface area contributed by atoms with E-state index in [1.165, 1.54) is 11.1 Å². The van der Waals surface area contributed by atoms with Crippen LogP contribution in [0.2, 0.25) is 0 Å². The van der Waals surface area contributed by atoms with Gasteiger partial charge in [-0.15, -0.1) is 0 Å². The Morgan fingerprint density at radius 3 is 1.70 bits per heavy atom. The summed E-state index contributed by atoms with van der Waals surface area (Å²) in [6.45, 7) is 4.08. The van der Waals surface area contributed by atoms with E-state index in [1.54, 1.807) is 6.20 Å². The van der Waals surface area contributed by atoms with Crippen LogP contribution >= 0.6 is 0 Å². The van der Waals surface area contributed by atoms with Crippen LogP contribution in [-0.4, -0.2) is 15.0 Å². The zero-order chi connectivity index (χ0) is 16.2. The number of benzene rings is 2. The molecule has 0 bridgehead atoms. The molecule has 0 aliphatic heterocycles. The highest BCUT2D eigenvalue weighted by Gasteiger charge is 1.99. The topological polar surface area (TPSA) is 64.4 Å². The number of hydrogen-bond acceptors (Lipinski definition) is 1. The molecule has 4 nitrogen and oxygen atoms in total. The number of hydrogen-bond donors (Lipinski definition) is 3. The molecule has 3 aromatic rings. The van der Waals surface area contributed by atoms with E-state index in [4.69, 9.17) is 0 Å². The van der Waals surface area contributed by atoms with Gasteiger partial charge in [0.2, 0.25) is 0 Å². The fourth-order valence-electron chi connectivity index (χ4n) is 2.31. The second kappa shape index (κ2) is 6.40. The molecule has 4 heteroatoms. The molecule has 1 aromatic heterocycles. The summed E-state index contributed by atoms with van der Waals surface area (Å²) in [6, 6.07) is 16.1. The van der Waals surface area contributed by atoms with Crippen LogP contribution in [0, 0.1) is 13.8 Å². The van der Waals surface area contributed by atoms with Crippen LogP contribution in [0.5, 0.6) is 0 Å². The highest BCUT2D eigenvalue weighted by molar-refractivity contribution is 5.60. The maximum absolute atomic E-state index is 12.0. The normalized spacial score (nSPS) is 10.3. The molecule has 116 valence electrons. The molecule has 0 unspecified atom stereocenters. The van der Waals surface area contributed by atoms with Gasteiger partial charge in [0, 0.05) is 12.4 Å². The zero-order valence-corrected chi connectivity index (χ0v) is 13.2. The van der Waals surface area contributed by atoms with E-state index in [2.05, 4.69) is 15.0 Å². The predicted octanol–water partition coefficient (Wildman–Crippen LogP) is 4.11. The SMILES string of the molecule is Cc1ccc(-c2c[nH]c(=O)[nH]c(-c3ccc(C)cc3)c[nH]2)cc1. The monoisotopic (exact) mass is 305 g/mol. The number of aromatic amines is 3. The van der Waals surface area contributed by atoms with Crippen molar-refractivity contribution in [2.24, 2.45) is 0 Å². The second-order valence-corrected chi connectivity index (χ2v) is 5.59. The second-order valence-electron chi connectivity index (χ2n) is 5.59. The summed E-state index contributed by atoms with van der Waals surface area (Å²) in [5.41, 5.74) is 5.63. The lowest BCUT2D eigenvalue weighted by atomic mass is 10.1. The first kappa shape index (κ1) is 14.9. The fraction of sp³-hybridized carbons (Fsp3) is 0.105. The molecule has 2 aromatic carbocycles. The van der Waals surface area contributed by atoms with Gasteiger partial charge in [-0.25, -0.2) is 4.79 Å². The van der Waals surface area contributed by atoms with Gasteiger partial charge in [-0.1, -0.05) is 59.7 Å². The molecule has 0 radical (unpaired) electrons. The van der Waals surface area contributed by atoms with Crippen LogP contribution < -0.4 is 5.69 Å². The van der Waals surface area contributed by atoms with Crippen LogP contribution in [0.25, 0.3) is 22.5 Å². The van der Waals surface area contributed by atoms with E-state index in [0.717, 1.165) is 22.5 Å². The summed E-state index contributed by atoms with van der Waals surface area (Å²) < 4.78 is 0. The number of aromatic nitrogens is 3. The summed E-state index contributed by atoms with van der Waals surface area (Å²) in [4.78, 5) is 20.8. The lowest BCUT2D eigenvalue weighted by molar-refractivity contribution is 1.08. The molecule has 0 aliphatic rings. The molecule has 0 amide bonds. The minimum Gasteiger partial charge on any atom is -0.358 e. The van der Waals surface area contributed by atoms with Gasteiger partial charge < -0.3 is 15.0 Å². The van der Waals surface area contributed by atoms with E-state index >= 15 is 0 Å². The highest BCUT2D eigenvalue weighted by Crippen LogP contribution is 2.18. The van der Waals surface area contributed by atoms with Crippen LogP contribution in [0.1, 0.15) is 11.1 Å². The van der Waals surface area contributed by atoms with Crippen molar-refractivity contribution in [1.82, 2.24) is 15.0 Å². The van der Waals surface area contributed by atoms with E-state index < -0.39 is 0 Å². The molecule has 0 saturated carbocycles. The first-order chi connectivity index (χ1) is 11.1. The number of nitrogens with one attached hydrogen (secondary N) is 3. The van der Waals surface area contributed by atoms with E-state index in [1.807, 2.05) is 68.6 Å². The third kappa shape index (κ3) is 3.61. The maximum Gasteiger partial charge on any atom is 0.323 e. The standard InChI is InChI=1S/C19H19N3O/c1-13-3-7-15(8-4-13)17-11-21-19(23)22-18(12-20-17)16-9-5-14(2)6-10-16/h3-12,20H,1-2H3,(H2,21,22,23). The van der Waals surface area contributed by atoms with Gasteiger partial charge in [0.15, 0.2) is 0 Å². The van der Waals surface area contributed by atoms with Gasteiger partial charge >= 0.3 is 5.69 Å². The molecule has 3 rings (SSSR count). The molecule has 0 aliphatic carbocycles. The van der Waals surface area contributed by atoms with E-state index in [9.17, 15) is 4.79 Å². The average Bonchev–Trinajstić information content (AvgIpc) is 2.53. The van der Waals surface area contributed by atoms with Crippen LogP contribution in [-0.2, 0) is 0 Å². The minimum atomic E-state index is -0.261. The zero-order valence-electron chi connectivity index (χ0n) is 13.2. The summed E-state index contributed by atoms with van der Waals surface area (Å²) in [7, 11) is 0. The Balaban J connectivity index is 2.11. The molecule has 0 saturated heterocycles. The summed E-state index contributed by atoms with van der Waals surface area (Å²) in [5, 5.41) is 0. The van der Waals surface area contributed by atoms with Gasteiger partial charge in [-0.05, 0) is 25.0 Å². The van der Waals surface area contributed by atoms with Crippen molar-refractivity contribution in [2.45, 2.75) is 13.8 Å². The molecule has 0 fully saturated rings. The van der Waals surface area contributed by atoms with Crippen molar-refractivity contribution < 1.29 is 0 Å². The van der Waals surface area contributed by atoms with E-state index in [0.29, 0.717) is 0 Å². The molecule has 0 spiro atoms. The molecular weight excluding hydrogens is 286 g/mol. The van der Waals surface area contributed by atoms with Gasteiger partial charge in [-0.2, -0.15) is 0 Å². The Labute approximate surface area is 134 Å². The summed E-state index contributed by atoms with van der Waals surface area (Å²) >= 11 is 0. The van der Waals surface area contributed by atoms with Gasteiger partial charge in [0.25, 0.3) is 0 Å². The molecule has 1 heterocycles. The van der Waals surface area contributed by atoms with Gasteiger partial charge in [-0.3, -0.25) is 0 Å². The third-order valence-electron chi connectivity index (χ3n) is 3.69. The Hall–Kier alpha value is -3.01. The van der Waals surface area contributed by atoms with Crippen molar-refractivity contribution in [2.75, 3.05) is 0 Å². The number of H-pyrrole nitrogens is 3. The smallest absolute Gasteiger partial charge is 0.323 e. The maximum atomic E-state index is 12.0. The highest BCUT2D eigenvalue weighted by atomic mass is 16.1. The largest absolute Gasteiger partial charge is 0.358 e. The van der Waals surface area contributed by atoms with Crippen LogP contribution in [0.4, 0.5) is 0 Å². The van der Waals surface area contributed by atoms with E-state index in [-0.39, 0.29) is 5.69 Å². The molecule has 23 heavy (non-hydrogen) atoms. The Morgan fingerprint density at radius 2 is 1.13 bits per heavy atom. The number of rotatable bonds is 2. The van der Waals surface area contributed by atoms with Crippen molar-refractivity contribution in [3.8, 4) is 22.5 Å². The third-order valence-corrected chi connectivity index (χ3v) is 3.69. The van der Waals surface area contributed by atoms with Crippen molar-refractivity contribution in [1.29, 1.82) is 0 Å². The van der Waals surface area contributed by atoms with Crippen LogP contribution in [0.3, 0.4) is 0 Å². The Bertz CT molecular complexity index is 895. The van der Waals surface area contributed by atoms with Crippen molar-refractivity contribution in [3.05, 3.63) is 82.5 Å². The van der Waals surface area contributed by atoms with Crippen molar-refractivity contribution >= 4 is 0 Å². The molecule has 3 N–H and O–H groups in total. The predicted molar refractivity (Wildman–Crippen MR) is 93.7 cm³/mol. The lowest BCUT2D eigenvalue weighted by Crippen LogP contribution is -2.08. The van der Waals surface area contributed by atoms with Crippen molar-refractivity contribution in [3.63, 3.8) is 0 Å².